The van der Waals surface area contributed by atoms with Crippen LogP contribution in [0.4, 0.5) is 5.82 Å². The molecule has 27 heavy (non-hydrogen) atoms. The number of piperidine rings is 1. The fourth-order valence-corrected chi connectivity index (χ4v) is 4.25. The zero-order valence-electron chi connectivity index (χ0n) is 15.9. The van der Waals surface area contributed by atoms with Crippen molar-refractivity contribution < 1.29 is 4.79 Å². The van der Waals surface area contributed by atoms with Gasteiger partial charge in [0, 0.05) is 37.8 Å². The molecule has 0 atom stereocenters. The minimum Gasteiger partial charge on any atom is -0.356 e. The standard InChI is InChI=1S/C21H29N5O/c27-21(17-6-2-1-3-7-17)23-15-16-9-12-26(13-10-16)20-14-19(24-25-20)18-8-4-5-11-22-18/h4-5,8,11,14,16-17H,1-3,6-7,9-10,12-13,15H2,(H,23,27)(H,24,25). The van der Waals surface area contributed by atoms with Crippen LogP contribution in [0.2, 0.25) is 0 Å². The van der Waals surface area contributed by atoms with Crippen molar-refractivity contribution in [2.45, 2.75) is 44.9 Å². The summed E-state index contributed by atoms with van der Waals surface area (Å²) in [5.41, 5.74) is 1.86. The second-order valence-electron chi connectivity index (χ2n) is 7.87. The highest BCUT2D eigenvalue weighted by Crippen LogP contribution is 2.26. The summed E-state index contributed by atoms with van der Waals surface area (Å²) in [7, 11) is 0. The van der Waals surface area contributed by atoms with Gasteiger partial charge in [-0.25, -0.2) is 0 Å². The summed E-state index contributed by atoms with van der Waals surface area (Å²) in [6.45, 7) is 2.79. The van der Waals surface area contributed by atoms with Gasteiger partial charge in [-0.05, 0) is 43.7 Å². The molecule has 6 nitrogen and oxygen atoms in total. The summed E-state index contributed by atoms with van der Waals surface area (Å²) in [6.07, 6.45) is 9.83. The van der Waals surface area contributed by atoms with E-state index in [2.05, 4.69) is 31.5 Å². The molecular formula is C21H29N5O. The van der Waals surface area contributed by atoms with E-state index < -0.39 is 0 Å². The summed E-state index contributed by atoms with van der Waals surface area (Å²) in [6, 6.07) is 7.96. The predicted molar refractivity (Wildman–Crippen MR) is 106 cm³/mol. The Balaban J connectivity index is 1.24. The average Bonchev–Trinajstić information content (AvgIpc) is 3.24. The number of amides is 1. The Morgan fingerprint density at radius 1 is 1.15 bits per heavy atom. The fourth-order valence-electron chi connectivity index (χ4n) is 4.25. The third kappa shape index (κ3) is 4.49. The molecule has 4 rings (SSSR count). The first-order valence-corrected chi connectivity index (χ1v) is 10.3. The number of pyridine rings is 1. The van der Waals surface area contributed by atoms with Crippen LogP contribution in [-0.4, -0.2) is 40.7 Å². The van der Waals surface area contributed by atoms with Crippen molar-refractivity contribution in [3.05, 3.63) is 30.5 Å². The monoisotopic (exact) mass is 367 g/mol. The highest BCUT2D eigenvalue weighted by Gasteiger charge is 2.24. The van der Waals surface area contributed by atoms with E-state index in [4.69, 9.17) is 0 Å². The fraction of sp³-hybridized carbons (Fsp3) is 0.571. The third-order valence-corrected chi connectivity index (χ3v) is 5.98. The molecule has 0 bridgehead atoms. The first-order valence-electron chi connectivity index (χ1n) is 10.3. The molecule has 1 aliphatic carbocycles. The SMILES string of the molecule is O=C(NCC1CCN(c2cc(-c3ccccn3)[nH]n2)CC1)C1CCCCC1. The molecule has 0 spiro atoms. The van der Waals surface area contributed by atoms with Gasteiger partial charge in [0.15, 0.2) is 5.82 Å². The Morgan fingerprint density at radius 2 is 1.96 bits per heavy atom. The van der Waals surface area contributed by atoms with Crippen molar-refractivity contribution in [3.8, 4) is 11.4 Å². The summed E-state index contributed by atoms with van der Waals surface area (Å²) in [5.74, 6) is 2.10. The van der Waals surface area contributed by atoms with E-state index in [1.807, 2.05) is 18.2 Å². The first kappa shape index (κ1) is 18.0. The van der Waals surface area contributed by atoms with E-state index >= 15 is 0 Å². The van der Waals surface area contributed by atoms with Crippen LogP contribution in [0.5, 0.6) is 0 Å². The lowest BCUT2D eigenvalue weighted by molar-refractivity contribution is -0.126. The van der Waals surface area contributed by atoms with Gasteiger partial charge in [-0.3, -0.25) is 14.9 Å². The third-order valence-electron chi connectivity index (χ3n) is 5.98. The van der Waals surface area contributed by atoms with Gasteiger partial charge in [0.1, 0.15) is 0 Å². The van der Waals surface area contributed by atoms with Gasteiger partial charge >= 0.3 is 0 Å². The van der Waals surface area contributed by atoms with Gasteiger partial charge in [0.05, 0.1) is 11.4 Å². The minimum atomic E-state index is 0.257. The van der Waals surface area contributed by atoms with Crippen LogP contribution in [0.3, 0.4) is 0 Å². The quantitative estimate of drug-likeness (QED) is 0.850. The predicted octanol–water partition coefficient (Wildman–Crippen LogP) is 3.38. The maximum absolute atomic E-state index is 12.3. The Kier molecular flexibility index (Phi) is 5.70. The lowest BCUT2D eigenvalue weighted by Gasteiger charge is -2.32. The summed E-state index contributed by atoms with van der Waals surface area (Å²) >= 11 is 0. The molecule has 2 aromatic heterocycles. The van der Waals surface area contributed by atoms with Crippen molar-refractivity contribution in [1.82, 2.24) is 20.5 Å². The average molecular weight is 367 g/mol. The molecular weight excluding hydrogens is 338 g/mol. The number of nitrogens with one attached hydrogen (secondary N) is 2. The van der Waals surface area contributed by atoms with E-state index in [1.54, 1.807) is 6.20 Å². The zero-order chi connectivity index (χ0) is 18.5. The topological polar surface area (TPSA) is 73.9 Å². The molecule has 0 unspecified atom stereocenters. The number of hydrogen-bond donors (Lipinski definition) is 2. The molecule has 2 N–H and O–H groups in total. The summed E-state index contributed by atoms with van der Waals surface area (Å²) in [4.78, 5) is 19.0. The Bertz CT molecular complexity index is 730. The van der Waals surface area contributed by atoms with Crippen LogP contribution in [0.25, 0.3) is 11.4 Å². The van der Waals surface area contributed by atoms with Crippen LogP contribution < -0.4 is 10.2 Å². The largest absolute Gasteiger partial charge is 0.356 e. The van der Waals surface area contributed by atoms with Crippen molar-refractivity contribution in [2.75, 3.05) is 24.5 Å². The van der Waals surface area contributed by atoms with Crippen molar-refractivity contribution in [2.24, 2.45) is 11.8 Å². The Hall–Kier alpha value is -2.37. The van der Waals surface area contributed by atoms with Crippen LogP contribution in [0, 0.1) is 11.8 Å². The van der Waals surface area contributed by atoms with Gasteiger partial charge in [0.25, 0.3) is 0 Å². The molecule has 2 fully saturated rings. The minimum absolute atomic E-state index is 0.257. The molecule has 1 saturated carbocycles. The van der Waals surface area contributed by atoms with Gasteiger partial charge in [-0.15, -0.1) is 0 Å². The van der Waals surface area contributed by atoms with Gasteiger partial charge in [-0.1, -0.05) is 25.3 Å². The summed E-state index contributed by atoms with van der Waals surface area (Å²) in [5, 5.41) is 10.8. The molecule has 0 aromatic carbocycles. The van der Waals surface area contributed by atoms with E-state index in [-0.39, 0.29) is 11.8 Å². The zero-order valence-corrected chi connectivity index (χ0v) is 15.9. The number of carbonyl (C=O) groups excluding carboxylic acids is 1. The molecule has 0 radical (unpaired) electrons. The molecule has 1 saturated heterocycles. The number of aromatic amines is 1. The number of anilines is 1. The molecule has 3 heterocycles. The van der Waals surface area contributed by atoms with Gasteiger partial charge < -0.3 is 10.2 Å². The molecule has 2 aliphatic rings. The number of carbonyl (C=O) groups is 1. The van der Waals surface area contributed by atoms with Crippen LogP contribution in [0.15, 0.2) is 30.5 Å². The molecule has 6 heteroatoms. The van der Waals surface area contributed by atoms with Crippen molar-refractivity contribution >= 4 is 11.7 Å². The Labute approximate surface area is 160 Å². The highest BCUT2D eigenvalue weighted by molar-refractivity contribution is 5.78. The van der Waals surface area contributed by atoms with E-state index in [0.29, 0.717) is 5.92 Å². The summed E-state index contributed by atoms with van der Waals surface area (Å²) < 4.78 is 0. The van der Waals surface area contributed by atoms with Crippen molar-refractivity contribution in [1.29, 1.82) is 0 Å². The number of hydrogen-bond acceptors (Lipinski definition) is 4. The molecule has 2 aromatic rings. The number of nitrogens with zero attached hydrogens (tertiary/aromatic N) is 3. The lowest BCUT2D eigenvalue weighted by Crippen LogP contribution is -2.40. The molecule has 144 valence electrons. The van der Waals surface area contributed by atoms with E-state index in [1.165, 1.54) is 19.3 Å². The van der Waals surface area contributed by atoms with Crippen LogP contribution >= 0.6 is 0 Å². The van der Waals surface area contributed by atoms with Gasteiger partial charge in [0.2, 0.25) is 5.91 Å². The van der Waals surface area contributed by atoms with Crippen LogP contribution in [-0.2, 0) is 4.79 Å². The van der Waals surface area contributed by atoms with Crippen LogP contribution in [0.1, 0.15) is 44.9 Å². The second-order valence-corrected chi connectivity index (χ2v) is 7.87. The maximum atomic E-state index is 12.3. The van der Waals surface area contributed by atoms with E-state index in [0.717, 1.165) is 62.5 Å². The number of H-pyrrole nitrogens is 1. The maximum Gasteiger partial charge on any atom is 0.223 e. The van der Waals surface area contributed by atoms with Gasteiger partial charge in [-0.2, -0.15) is 5.10 Å². The lowest BCUT2D eigenvalue weighted by atomic mass is 9.88. The van der Waals surface area contributed by atoms with E-state index in [9.17, 15) is 4.79 Å². The number of rotatable bonds is 5. The smallest absolute Gasteiger partial charge is 0.223 e. The molecule has 1 amide bonds. The Morgan fingerprint density at radius 3 is 2.70 bits per heavy atom. The van der Waals surface area contributed by atoms with Crippen molar-refractivity contribution in [3.63, 3.8) is 0 Å². The second kappa shape index (κ2) is 8.55. The number of aromatic nitrogens is 3. The normalized spacial score (nSPS) is 19.2. The highest BCUT2D eigenvalue weighted by atomic mass is 16.1. The first-order chi connectivity index (χ1) is 13.3. The molecule has 1 aliphatic heterocycles.